The smallest absolute Gasteiger partial charge is 0.133 e. The molecule has 0 radical (unpaired) electrons. The summed E-state index contributed by atoms with van der Waals surface area (Å²) in [6, 6.07) is 14.7. The fourth-order valence-corrected chi connectivity index (χ4v) is 2.42. The zero-order valence-electron chi connectivity index (χ0n) is 12.7. The largest absolute Gasteiger partial charge is 0.456 e. The second-order valence-corrected chi connectivity index (χ2v) is 5.14. The van der Waals surface area contributed by atoms with E-state index in [1.807, 2.05) is 12.1 Å². The van der Waals surface area contributed by atoms with Crippen molar-refractivity contribution >= 4 is 0 Å². The lowest BCUT2D eigenvalue weighted by Gasteiger charge is -2.19. The normalized spacial score (nSPS) is 12.2. The van der Waals surface area contributed by atoms with Crippen LogP contribution in [0.25, 0.3) is 0 Å². The van der Waals surface area contributed by atoms with Gasteiger partial charge in [0.1, 0.15) is 11.5 Å². The number of nitrogens with one attached hydrogen (secondary N) is 1. The molecule has 0 saturated carbocycles. The maximum atomic E-state index is 6.20. The van der Waals surface area contributed by atoms with Crippen LogP contribution in [0.3, 0.4) is 0 Å². The number of rotatable bonds is 5. The highest BCUT2D eigenvalue weighted by atomic mass is 16.5. The van der Waals surface area contributed by atoms with Gasteiger partial charge in [0.05, 0.1) is 0 Å². The molecule has 2 heteroatoms. The van der Waals surface area contributed by atoms with Crippen molar-refractivity contribution in [2.75, 3.05) is 6.54 Å². The third-order valence-electron chi connectivity index (χ3n) is 3.52. The molecular weight excluding hydrogens is 246 g/mol. The Kier molecular flexibility index (Phi) is 4.80. The van der Waals surface area contributed by atoms with Crippen LogP contribution in [0.15, 0.2) is 42.5 Å². The maximum Gasteiger partial charge on any atom is 0.133 e. The van der Waals surface area contributed by atoms with E-state index in [9.17, 15) is 0 Å². The summed E-state index contributed by atoms with van der Waals surface area (Å²) < 4.78 is 6.20. The van der Waals surface area contributed by atoms with Crippen molar-refractivity contribution in [3.8, 4) is 11.5 Å². The Bertz CT molecular complexity index is 557. The molecule has 0 saturated heterocycles. The molecule has 0 spiro atoms. The van der Waals surface area contributed by atoms with Crippen molar-refractivity contribution in [2.45, 2.75) is 33.7 Å². The molecule has 0 bridgehead atoms. The average Bonchev–Trinajstić information content (AvgIpc) is 2.44. The summed E-state index contributed by atoms with van der Waals surface area (Å²) in [5.74, 6) is 1.89. The predicted molar refractivity (Wildman–Crippen MR) is 84.5 cm³/mol. The predicted octanol–water partition coefficient (Wildman–Crippen LogP) is 4.77. The molecule has 0 aliphatic heterocycles. The second-order valence-electron chi connectivity index (χ2n) is 5.14. The Morgan fingerprint density at radius 1 is 1.00 bits per heavy atom. The molecule has 2 aromatic carbocycles. The van der Waals surface area contributed by atoms with Crippen LogP contribution in [-0.2, 0) is 0 Å². The number of benzene rings is 2. The average molecular weight is 269 g/mol. The van der Waals surface area contributed by atoms with Gasteiger partial charge in [0.2, 0.25) is 0 Å². The van der Waals surface area contributed by atoms with E-state index in [4.69, 9.17) is 4.74 Å². The summed E-state index contributed by atoms with van der Waals surface area (Å²) in [4.78, 5) is 0. The Labute approximate surface area is 121 Å². The van der Waals surface area contributed by atoms with Gasteiger partial charge in [0.25, 0.3) is 0 Å². The van der Waals surface area contributed by atoms with Crippen LogP contribution in [0.5, 0.6) is 11.5 Å². The van der Waals surface area contributed by atoms with E-state index >= 15 is 0 Å². The van der Waals surface area contributed by atoms with E-state index in [0.29, 0.717) is 0 Å². The molecule has 0 fully saturated rings. The molecule has 0 aliphatic carbocycles. The second kappa shape index (κ2) is 6.58. The van der Waals surface area contributed by atoms with Gasteiger partial charge in [0, 0.05) is 11.6 Å². The SMILES string of the molecule is CCNC(C)c1ccccc1Oc1c(C)cccc1C. The lowest BCUT2D eigenvalue weighted by molar-refractivity contribution is 0.457. The van der Waals surface area contributed by atoms with Crippen molar-refractivity contribution < 1.29 is 4.74 Å². The first-order chi connectivity index (χ1) is 9.63. The molecule has 2 rings (SSSR count). The Hall–Kier alpha value is -1.80. The molecule has 0 amide bonds. The number of hydrogen-bond acceptors (Lipinski definition) is 2. The van der Waals surface area contributed by atoms with Gasteiger partial charge in [-0.15, -0.1) is 0 Å². The molecular formula is C18H23NO. The minimum Gasteiger partial charge on any atom is -0.456 e. The summed E-state index contributed by atoms with van der Waals surface area (Å²) in [7, 11) is 0. The minimum atomic E-state index is 0.278. The van der Waals surface area contributed by atoms with E-state index in [2.05, 4.69) is 63.3 Å². The first-order valence-electron chi connectivity index (χ1n) is 7.19. The van der Waals surface area contributed by atoms with E-state index in [1.54, 1.807) is 0 Å². The van der Waals surface area contributed by atoms with Crippen molar-refractivity contribution in [3.05, 3.63) is 59.2 Å². The van der Waals surface area contributed by atoms with Gasteiger partial charge in [-0.05, 0) is 44.5 Å². The van der Waals surface area contributed by atoms with Crippen LogP contribution in [0.2, 0.25) is 0 Å². The molecule has 2 aromatic rings. The summed E-state index contributed by atoms with van der Waals surface area (Å²) in [5, 5.41) is 3.44. The van der Waals surface area contributed by atoms with E-state index in [0.717, 1.165) is 29.2 Å². The van der Waals surface area contributed by atoms with Gasteiger partial charge < -0.3 is 10.1 Å². The van der Waals surface area contributed by atoms with E-state index < -0.39 is 0 Å². The van der Waals surface area contributed by atoms with Crippen LogP contribution < -0.4 is 10.1 Å². The Morgan fingerprint density at radius 3 is 2.30 bits per heavy atom. The van der Waals surface area contributed by atoms with Gasteiger partial charge in [0.15, 0.2) is 0 Å². The van der Waals surface area contributed by atoms with E-state index in [-0.39, 0.29) is 6.04 Å². The highest BCUT2D eigenvalue weighted by Crippen LogP contribution is 2.33. The van der Waals surface area contributed by atoms with Crippen molar-refractivity contribution in [2.24, 2.45) is 0 Å². The van der Waals surface area contributed by atoms with Gasteiger partial charge in [-0.25, -0.2) is 0 Å². The third kappa shape index (κ3) is 3.20. The van der Waals surface area contributed by atoms with Crippen LogP contribution in [-0.4, -0.2) is 6.54 Å². The first-order valence-corrected chi connectivity index (χ1v) is 7.19. The van der Waals surface area contributed by atoms with Gasteiger partial charge in [-0.1, -0.05) is 43.3 Å². The number of hydrogen-bond donors (Lipinski definition) is 1. The highest BCUT2D eigenvalue weighted by molar-refractivity contribution is 5.45. The summed E-state index contributed by atoms with van der Waals surface area (Å²) in [6.45, 7) is 9.39. The zero-order chi connectivity index (χ0) is 14.5. The first kappa shape index (κ1) is 14.6. The summed E-state index contributed by atoms with van der Waals surface area (Å²) in [6.07, 6.45) is 0. The molecule has 1 N–H and O–H groups in total. The third-order valence-corrected chi connectivity index (χ3v) is 3.52. The monoisotopic (exact) mass is 269 g/mol. The standard InChI is InChI=1S/C18H23NO/c1-5-19-15(4)16-11-6-7-12-17(16)20-18-13(2)9-8-10-14(18)3/h6-12,15,19H,5H2,1-4H3. The molecule has 0 aliphatic rings. The molecule has 2 nitrogen and oxygen atoms in total. The Morgan fingerprint density at radius 2 is 1.65 bits per heavy atom. The molecule has 106 valence electrons. The van der Waals surface area contributed by atoms with E-state index in [1.165, 1.54) is 5.56 Å². The molecule has 0 aromatic heterocycles. The number of aryl methyl sites for hydroxylation is 2. The van der Waals surface area contributed by atoms with Gasteiger partial charge in [-0.3, -0.25) is 0 Å². The van der Waals surface area contributed by atoms with Crippen LogP contribution >= 0.6 is 0 Å². The molecule has 1 atom stereocenters. The van der Waals surface area contributed by atoms with Crippen LogP contribution in [0, 0.1) is 13.8 Å². The Balaban J connectivity index is 2.34. The van der Waals surface area contributed by atoms with Crippen molar-refractivity contribution in [3.63, 3.8) is 0 Å². The van der Waals surface area contributed by atoms with Gasteiger partial charge >= 0.3 is 0 Å². The fraction of sp³-hybridized carbons (Fsp3) is 0.333. The minimum absolute atomic E-state index is 0.278. The molecule has 1 unspecified atom stereocenters. The van der Waals surface area contributed by atoms with Gasteiger partial charge in [-0.2, -0.15) is 0 Å². The molecule has 0 heterocycles. The van der Waals surface area contributed by atoms with Crippen LogP contribution in [0.1, 0.15) is 36.6 Å². The summed E-state index contributed by atoms with van der Waals surface area (Å²) in [5.41, 5.74) is 3.52. The topological polar surface area (TPSA) is 21.3 Å². The fourth-order valence-electron chi connectivity index (χ4n) is 2.42. The quantitative estimate of drug-likeness (QED) is 0.844. The summed E-state index contributed by atoms with van der Waals surface area (Å²) >= 11 is 0. The highest BCUT2D eigenvalue weighted by Gasteiger charge is 2.12. The lowest BCUT2D eigenvalue weighted by atomic mass is 10.1. The molecule has 20 heavy (non-hydrogen) atoms. The van der Waals surface area contributed by atoms with Crippen LogP contribution in [0.4, 0.5) is 0 Å². The zero-order valence-corrected chi connectivity index (χ0v) is 12.7. The maximum absolute atomic E-state index is 6.20. The van der Waals surface area contributed by atoms with Crippen molar-refractivity contribution in [1.29, 1.82) is 0 Å². The lowest BCUT2D eigenvalue weighted by Crippen LogP contribution is -2.18. The number of ether oxygens (including phenoxy) is 1. The van der Waals surface area contributed by atoms with Crippen molar-refractivity contribution in [1.82, 2.24) is 5.32 Å². The number of para-hydroxylation sites is 2.